The van der Waals surface area contributed by atoms with Gasteiger partial charge in [-0.15, -0.1) is 0 Å². The number of nitrogens with one attached hydrogen (secondary N) is 1. The van der Waals surface area contributed by atoms with E-state index in [0.29, 0.717) is 22.7 Å². The maximum absolute atomic E-state index is 13.4. The van der Waals surface area contributed by atoms with Crippen LogP contribution in [0.3, 0.4) is 0 Å². The van der Waals surface area contributed by atoms with Gasteiger partial charge in [0.15, 0.2) is 5.82 Å². The van der Waals surface area contributed by atoms with Crippen molar-refractivity contribution in [2.24, 2.45) is 0 Å². The van der Waals surface area contributed by atoms with Crippen LogP contribution >= 0.6 is 0 Å². The van der Waals surface area contributed by atoms with E-state index in [9.17, 15) is 9.90 Å². The van der Waals surface area contributed by atoms with E-state index in [1.54, 1.807) is 23.1 Å². The van der Waals surface area contributed by atoms with Crippen LogP contribution in [0, 0.1) is 0 Å². The molecule has 0 bridgehead atoms. The number of phenols is 1. The molecule has 0 aliphatic carbocycles. The number of piperidine rings is 1. The SMILES string of the molecule is CC(C)(C)OC(=O)N(c1nc(-c2ccccc2O)nc2ccccc12)C1CCNCC1. The maximum atomic E-state index is 13.4. The van der Waals surface area contributed by atoms with Crippen molar-refractivity contribution in [3.8, 4) is 17.1 Å². The van der Waals surface area contributed by atoms with Gasteiger partial charge in [0.2, 0.25) is 0 Å². The number of rotatable bonds is 3. The summed E-state index contributed by atoms with van der Waals surface area (Å²) in [5, 5.41) is 14.5. The van der Waals surface area contributed by atoms with E-state index in [1.807, 2.05) is 51.1 Å². The van der Waals surface area contributed by atoms with Gasteiger partial charge in [-0.2, -0.15) is 0 Å². The summed E-state index contributed by atoms with van der Waals surface area (Å²) in [6.07, 6.45) is 1.17. The average Bonchev–Trinajstić information content (AvgIpc) is 2.73. The van der Waals surface area contributed by atoms with Gasteiger partial charge in [0.05, 0.1) is 11.1 Å². The third-order valence-electron chi connectivity index (χ3n) is 5.22. The van der Waals surface area contributed by atoms with E-state index in [0.717, 1.165) is 31.3 Å². The van der Waals surface area contributed by atoms with Crippen LogP contribution in [0.4, 0.5) is 10.6 Å². The van der Waals surface area contributed by atoms with Gasteiger partial charge in [0.25, 0.3) is 0 Å². The third-order valence-corrected chi connectivity index (χ3v) is 5.22. The van der Waals surface area contributed by atoms with Gasteiger partial charge in [-0.3, -0.25) is 4.90 Å². The molecule has 0 saturated carbocycles. The first-order chi connectivity index (χ1) is 14.8. The molecule has 2 heterocycles. The Bertz CT molecular complexity index is 1090. The number of para-hydroxylation sites is 2. The lowest BCUT2D eigenvalue weighted by molar-refractivity contribution is 0.0558. The highest BCUT2D eigenvalue weighted by molar-refractivity contribution is 5.99. The summed E-state index contributed by atoms with van der Waals surface area (Å²) in [6.45, 7) is 7.21. The van der Waals surface area contributed by atoms with Gasteiger partial charge in [-0.1, -0.05) is 24.3 Å². The Balaban J connectivity index is 1.90. The number of carbonyl (C=O) groups is 1. The third kappa shape index (κ3) is 4.61. The zero-order chi connectivity index (χ0) is 22.0. The second-order valence-corrected chi connectivity index (χ2v) is 8.74. The molecule has 4 rings (SSSR count). The van der Waals surface area contributed by atoms with Crippen molar-refractivity contribution in [3.63, 3.8) is 0 Å². The second-order valence-electron chi connectivity index (χ2n) is 8.74. The Hall–Kier alpha value is -3.19. The summed E-state index contributed by atoms with van der Waals surface area (Å²) in [5.74, 6) is 0.966. The predicted molar refractivity (Wildman–Crippen MR) is 121 cm³/mol. The van der Waals surface area contributed by atoms with Gasteiger partial charge >= 0.3 is 6.09 Å². The first kappa shape index (κ1) is 21.1. The van der Waals surface area contributed by atoms with E-state index in [2.05, 4.69) is 10.3 Å². The minimum Gasteiger partial charge on any atom is -0.507 e. The van der Waals surface area contributed by atoms with Crippen LogP contribution in [0.2, 0.25) is 0 Å². The number of benzene rings is 2. The topological polar surface area (TPSA) is 87.6 Å². The van der Waals surface area contributed by atoms with Crippen LogP contribution < -0.4 is 10.2 Å². The van der Waals surface area contributed by atoms with Gasteiger partial charge in [-0.25, -0.2) is 14.8 Å². The van der Waals surface area contributed by atoms with Crippen LogP contribution in [0.1, 0.15) is 33.6 Å². The molecule has 7 nitrogen and oxygen atoms in total. The standard InChI is InChI=1S/C24H28N4O3/c1-24(2,3)31-23(30)28(16-12-14-25-15-13-16)22-17-8-4-6-10-19(17)26-21(27-22)18-9-5-7-11-20(18)29/h4-11,16,25,29H,12-15H2,1-3H3. The van der Waals surface area contributed by atoms with Crippen LogP contribution in [-0.4, -0.2) is 45.9 Å². The average molecular weight is 421 g/mol. The fraction of sp³-hybridized carbons (Fsp3) is 0.375. The van der Waals surface area contributed by atoms with Crippen molar-refractivity contribution < 1.29 is 14.6 Å². The zero-order valence-electron chi connectivity index (χ0n) is 18.1. The fourth-order valence-corrected chi connectivity index (χ4v) is 3.81. The van der Waals surface area contributed by atoms with Crippen LogP contribution in [-0.2, 0) is 4.74 Å². The number of carbonyl (C=O) groups excluding carboxylic acids is 1. The molecule has 1 fully saturated rings. The maximum Gasteiger partial charge on any atom is 0.416 e. The minimum absolute atomic E-state index is 0.0494. The molecule has 1 amide bonds. The Morgan fingerprint density at radius 1 is 1.06 bits per heavy atom. The Morgan fingerprint density at radius 2 is 1.74 bits per heavy atom. The zero-order valence-corrected chi connectivity index (χ0v) is 18.1. The summed E-state index contributed by atoms with van der Waals surface area (Å²) < 4.78 is 5.78. The fourth-order valence-electron chi connectivity index (χ4n) is 3.81. The number of nitrogens with zero attached hydrogens (tertiary/aromatic N) is 3. The van der Waals surface area contributed by atoms with Gasteiger partial charge in [0, 0.05) is 11.4 Å². The molecule has 1 aliphatic heterocycles. The number of aromatic nitrogens is 2. The molecule has 0 radical (unpaired) electrons. The lowest BCUT2D eigenvalue weighted by Gasteiger charge is -2.35. The van der Waals surface area contributed by atoms with Crippen molar-refractivity contribution in [2.45, 2.75) is 45.3 Å². The first-order valence-corrected chi connectivity index (χ1v) is 10.6. The number of amides is 1. The molecule has 2 N–H and O–H groups in total. The number of phenolic OH excluding ortho intramolecular Hbond substituents is 1. The highest BCUT2D eigenvalue weighted by Crippen LogP contribution is 2.34. The van der Waals surface area contributed by atoms with E-state index < -0.39 is 11.7 Å². The summed E-state index contributed by atoms with van der Waals surface area (Å²) in [5.41, 5.74) is 0.586. The van der Waals surface area contributed by atoms with Gasteiger partial charge in [0.1, 0.15) is 17.2 Å². The summed E-state index contributed by atoms with van der Waals surface area (Å²) in [6, 6.07) is 14.5. The van der Waals surface area contributed by atoms with Crippen molar-refractivity contribution in [2.75, 3.05) is 18.0 Å². The van der Waals surface area contributed by atoms with Crippen LogP contribution in [0.25, 0.3) is 22.3 Å². The monoisotopic (exact) mass is 420 g/mol. The molecule has 3 aromatic rings. The molecule has 2 aromatic carbocycles. The van der Waals surface area contributed by atoms with Crippen molar-refractivity contribution in [1.29, 1.82) is 0 Å². The molecule has 1 aromatic heterocycles. The molecule has 0 unspecified atom stereocenters. The van der Waals surface area contributed by atoms with Gasteiger partial charge < -0.3 is 15.2 Å². The highest BCUT2D eigenvalue weighted by atomic mass is 16.6. The smallest absolute Gasteiger partial charge is 0.416 e. The largest absolute Gasteiger partial charge is 0.507 e. The molecule has 1 saturated heterocycles. The van der Waals surface area contributed by atoms with E-state index in [-0.39, 0.29) is 11.8 Å². The molecule has 31 heavy (non-hydrogen) atoms. The molecule has 7 heteroatoms. The lowest BCUT2D eigenvalue weighted by Crippen LogP contribution is -2.48. The van der Waals surface area contributed by atoms with Crippen LogP contribution in [0.5, 0.6) is 5.75 Å². The Morgan fingerprint density at radius 3 is 2.45 bits per heavy atom. The second kappa shape index (κ2) is 8.51. The van der Waals surface area contributed by atoms with Crippen LogP contribution in [0.15, 0.2) is 48.5 Å². The molecule has 162 valence electrons. The minimum atomic E-state index is -0.633. The van der Waals surface area contributed by atoms with E-state index >= 15 is 0 Å². The lowest BCUT2D eigenvalue weighted by atomic mass is 10.0. The first-order valence-electron chi connectivity index (χ1n) is 10.6. The quantitative estimate of drug-likeness (QED) is 0.649. The molecule has 0 spiro atoms. The Labute approximate surface area is 182 Å². The van der Waals surface area contributed by atoms with E-state index in [1.165, 1.54) is 0 Å². The number of hydrogen-bond donors (Lipinski definition) is 2. The molecule has 1 aliphatic rings. The molecular formula is C24H28N4O3. The van der Waals surface area contributed by atoms with Crippen molar-refractivity contribution in [1.82, 2.24) is 15.3 Å². The van der Waals surface area contributed by atoms with Crippen molar-refractivity contribution in [3.05, 3.63) is 48.5 Å². The molecule has 0 atom stereocenters. The number of fused-ring (bicyclic) bond motifs is 1. The number of anilines is 1. The normalized spacial score (nSPS) is 15.1. The number of hydrogen-bond acceptors (Lipinski definition) is 6. The summed E-state index contributed by atoms with van der Waals surface area (Å²) in [4.78, 5) is 24.5. The predicted octanol–water partition coefficient (Wildman–Crippen LogP) is 4.50. The highest BCUT2D eigenvalue weighted by Gasteiger charge is 2.33. The Kier molecular flexibility index (Phi) is 5.78. The van der Waals surface area contributed by atoms with Gasteiger partial charge in [-0.05, 0) is 71.0 Å². The summed E-state index contributed by atoms with van der Waals surface area (Å²) in [7, 11) is 0. The van der Waals surface area contributed by atoms with E-state index in [4.69, 9.17) is 9.72 Å². The summed E-state index contributed by atoms with van der Waals surface area (Å²) >= 11 is 0. The van der Waals surface area contributed by atoms with Crippen molar-refractivity contribution >= 4 is 22.8 Å². The number of ether oxygens (including phenoxy) is 1. The molecular weight excluding hydrogens is 392 g/mol. The number of aromatic hydroxyl groups is 1.